The molecule has 1 heterocycles. The lowest BCUT2D eigenvalue weighted by atomic mass is 10.0. The summed E-state index contributed by atoms with van der Waals surface area (Å²) in [4.78, 5) is 15.9. The van der Waals surface area contributed by atoms with Crippen LogP contribution in [-0.4, -0.2) is 10.8 Å². The third-order valence-corrected chi connectivity index (χ3v) is 2.66. The van der Waals surface area contributed by atoms with E-state index in [0.717, 1.165) is 15.6 Å². The molecule has 3 heteroatoms. The van der Waals surface area contributed by atoms with Crippen molar-refractivity contribution in [3.05, 3.63) is 64.4 Å². The normalized spacial score (nSPS) is 10.1. The number of carbonyl (C=O) groups is 1. The van der Waals surface area contributed by atoms with Crippen LogP contribution in [0.4, 0.5) is 0 Å². The highest BCUT2D eigenvalue weighted by atomic mass is 79.9. The molecule has 0 atom stereocenters. The molecule has 2 rings (SSSR count). The van der Waals surface area contributed by atoms with Crippen LogP contribution in [0.3, 0.4) is 0 Å². The number of rotatable bonds is 3. The lowest BCUT2D eigenvalue weighted by Crippen LogP contribution is -2.03. The molecule has 0 bridgehead atoms. The number of aromatic nitrogens is 1. The topological polar surface area (TPSA) is 30.0 Å². The van der Waals surface area contributed by atoms with E-state index in [1.54, 1.807) is 12.4 Å². The highest BCUT2D eigenvalue weighted by Gasteiger charge is 2.06. The van der Waals surface area contributed by atoms with Crippen molar-refractivity contribution < 1.29 is 4.79 Å². The average molecular weight is 276 g/mol. The van der Waals surface area contributed by atoms with E-state index in [1.807, 2.05) is 36.4 Å². The lowest BCUT2D eigenvalue weighted by Gasteiger charge is -2.01. The molecule has 0 amide bonds. The van der Waals surface area contributed by atoms with E-state index < -0.39 is 0 Å². The SMILES string of the molecule is O=C(Cc1cncc(Br)c1)c1ccccc1. The number of Topliss-reactive ketones (excluding diaryl/α,β-unsaturated/α-hetero) is 1. The van der Waals surface area contributed by atoms with Crippen LogP contribution in [0.5, 0.6) is 0 Å². The van der Waals surface area contributed by atoms with E-state index >= 15 is 0 Å². The molecule has 0 aliphatic heterocycles. The second-order valence-electron chi connectivity index (χ2n) is 3.48. The predicted octanol–water partition coefficient (Wildman–Crippen LogP) is 3.27. The Morgan fingerprint density at radius 1 is 1.19 bits per heavy atom. The van der Waals surface area contributed by atoms with Crippen molar-refractivity contribution in [2.45, 2.75) is 6.42 Å². The maximum absolute atomic E-state index is 11.9. The number of hydrogen-bond donors (Lipinski definition) is 0. The zero-order chi connectivity index (χ0) is 11.4. The summed E-state index contributed by atoms with van der Waals surface area (Å²) in [6.07, 6.45) is 3.80. The van der Waals surface area contributed by atoms with E-state index in [9.17, 15) is 4.79 Å². The first-order valence-electron chi connectivity index (χ1n) is 4.93. The fraction of sp³-hybridized carbons (Fsp3) is 0.0769. The fourth-order valence-electron chi connectivity index (χ4n) is 1.46. The molecule has 0 fully saturated rings. The largest absolute Gasteiger partial charge is 0.294 e. The number of benzene rings is 1. The van der Waals surface area contributed by atoms with Crippen molar-refractivity contribution in [3.63, 3.8) is 0 Å². The van der Waals surface area contributed by atoms with Crippen LogP contribution in [0.25, 0.3) is 0 Å². The Kier molecular flexibility index (Phi) is 3.47. The standard InChI is InChI=1S/C13H10BrNO/c14-12-6-10(8-15-9-12)7-13(16)11-4-2-1-3-5-11/h1-6,8-9H,7H2. The molecule has 2 aromatic rings. The van der Waals surface area contributed by atoms with Gasteiger partial charge in [-0.15, -0.1) is 0 Å². The Balaban J connectivity index is 2.14. The highest BCUT2D eigenvalue weighted by Crippen LogP contribution is 2.12. The lowest BCUT2D eigenvalue weighted by molar-refractivity contribution is 0.0993. The molecule has 0 aliphatic carbocycles. The Bertz CT molecular complexity index is 496. The number of carbonyl (C=O) groups excluding carboxylic acids is 1. The third-order valence-electron chi connectivity index (χ3n) is 2.22. The van der Waals surface area contributed by atoms with Crippen molar-refractivity contribution in [2.75, 3.05) is 0 Å². The summed E-state index contributed by atoms with van der Waals surface area (Å²) in [6.45, 7) is 0. The Morgan fingerprint density at radius 3 is 2.62 bits per heavy atom. The number of pyridine rings is 1. The maximum atomic E-state index is 11.9. The minimum absolute atomic E-state index is 0.112. The second-order valence-corrected chi connectivity index (χ2v) is 4.39. The zero-order valence-corrected chi connectivity index (χ0v) is 10.1. The molecule has 16 heavy (non-hydrogen) atoms. The van der Waals surface area contributed by atoms with Gasteiger partial charge in [0.15, 0.2) is 5.78 Å². The molecule has 2 nitrogen and oxygen atoms in total. The van der Waals surface area contributed by atoms with Crippen LogP contribution < -0.4 is 0 Å². The Hall–Kier alpha value is -1.48. The van der Waals surface area contributed by atoms with Gasteiger partial charge < -0.3 is 0 Å². The molecule has 0 saturated heterocycles. The fourth-order valence-corrected chi connectivity index (χ4v) is 1.88. The summed E-state index contributed by atoms with van der Waals surface area (Å²) in [5.74, 6) is 0.112. The van der Waals surface area contributed by atoms with Crippen LogP contribution in [0, 0.1) is 0 Å². The van der Waals surface area contributed by atoms with Crippen LogP contribution in [0.2, 0.25) is 0 Å². The van der Waals surface area contributed by atoms with E-state index in [-0.39, 0.29) is 5.78 Å². The molecule has 0 N–H and O–H groups in total. The van der Waals surface area contributed by atoms with E-state index in [1.165, 1.54) is 0 Å². The highest BCUT2D eigenvalue weighted by molar-refractivity contribution is 9.10. The first-order valence-corrected chi connectivity index (χ1v) is 5.72. The molecule has 0 radical (unpaired) electrons. The Labute approximate surface area is 102 Å². The zero-order valence-electron chi connectivity index (χ0n) is 8.56. The second kappa shape index (κ2) is 5.03. The summed E-state index contributed by atoms with van der Waals surface area (Å²) < 4.78 is 0.894. The first kappa shape index (κ1) is 11.0. The monoisotopic (exact) mass is 275 g/mol. The molecular formula is C13H10BrNO. The summed E-state index contributed by atoms with van der Waals surface area (Å²) in [6, 6.07) is 11.2. The molecule has 80 valence electrons. The molecule has 1 aromatic heterocycles. The summed E-state index contributed by atoms with van der Waals surface area (Å²) in [5, 5.41) is 0. The van der Waals surface area contributed by atoms with E-state index in [2.05, 4.69) is 20.9 Å². The molecule has 0 spiro atoms. The number of ketones is 1. The van der Waals surface area contributed by atoms with Gasteiger partial charge >= 0.3 is 0 Å². The van der Waals surface area contributed by atoms with Crippen molar-refractivity contribution in [1.29, 1.82) is 0 Å². The van der Waals surface area contributed by atoms with Gasteiger partial charge in [-0.2, -0.15) is 0 Å². The number of nitrogens with zero attached hydrogens (tertiary/aromatic N) is 1. The Morgan fingerprint density at radius 2 is 1.94 bits per heavy atom. The van der Waals surface area contributed by atoms with E-state index in [0.29, 0.717) is 6.42 Å². The van der Waals surface area contributed by atoms with Crippen molar-refractivity contribution in [1.82, 2.24) is 4.98 Å². The van der Waals surface area contributed by atoms with Gasteiger partial charge in [0.25, 0.3) is 0 Å². The van der Waals surface area contributed by atoms with Gasteiger partial charge in [0, 0.05) is 28.9 Å². The van der Waals surface area contributed by atoms with Crippen molar-refractivity contribution in [2.24, 2.45) is 0 Å². The minimum Gasteiger partial charge on any atom is -0.294 e. The van der Waals surface area contributed by atoms with Crippen LogP contribution >= 0.6 is 15.9 Å². The molecular weight excluding hydrogens is 266 g/mol. The molecule has 1 aromatic carbocycles. The minimum atomic E-state index is 0.112. The van der Waals surface area contributed by atoms with Crippen LogP contribution in [0.15, 0.2) is 53.3 Å². The van der Waals surface area contributed by atoms with Gasteiger partial charge in [-0.1, -0.05) is 30.3 Å². The van der Waals surface area contributed by atoms with Crippen molar-refractivity contribution >= 4 is 21.7 Å². The van der Waals surface area contributed by atoms with Crippen LogP contribution in [0.1, 0.15) is 15.9 Å². The average Bonchev–Trinajstić information content (AvgIpc) is 2.30. The smallest absolute Gasteiger partial charge is 0.167 e. The quantitative estimate of drug-likeness (QED) is 0.805. The summed E-state index contributed by atoms with van der Waals surface area (Å²) in [5.41, 5.74) is 1.66. The summed E-state index contributed by atoms with van der Waals surface area (Å²) in [7, 11) is 0. The number of hydrogen-bond acceptors (Lipinski definition) is 2. The van der Waals surface area contributed by atoms with Gasteiger partial charge in [0.05, 0.1) is 0 Å². The summed E-state index contributed by atoms with van der Waals surface area (Å²) >= 11 is 3.33. The van der Waals surface area contributed by atoms with Gasteiger partial charge in [0.1, 0.15) is 0 Å². The van der Waals surface area contributed by atoms with Gasteiger partial charge in [0.2, 0.25) is 0 Å². The first-order chi connectivity index (χ1) is 7.75. The maximum Gasteiger partial charge on any atom is 0.167 e. The van der Waals surface area contributed by atoms with Gasteiger partial charge in [-0.05, 0) is 27.6 Å². The van der Waals surface area contributed by atoms with Crippen LogP contribution in [-0.2, 0) is 6.42 Å². The molecule has 0 saturated carbocycles. The van der Waals surface area contributed by atoms with Crippen molar-refractivity contribution in [3.8, 4) is 0 Å². The van der Waals surface area contributed by atoms with Gasteiger partial charge in [-0.25, -0.2) is 0 Å². The van der Waals surface area contributed by atoms with E-state index in [4.69, 9.17) is 0 Å². The van der Waals surface area contributed by atoms with Gasteiger partial charge in [-0.3, -0.25) is 9.78 Å². The number of halogens is 1. The molecule has 0 unspecified atom stereocenters. The molecule has 0 aliphatic rings. The predicted molar refractivity (Wildman–Crippen MR) is 66.4 cm³/mol. The third kappa shape index (κ3) is 2.76.